The van der Waals surface area contributed by atoms with Gasteiger partial charge in [-0.3, -0.25) is 5.10 Å². The predicted molar refractivity (Wildman–Crippen MR) is 51.4 cm³/mol. The molecule has 0 radical (unpaired) electrons. The van der Waals surface area contributed by atoms with E-state index in [1.165, 1.54) is 10.3 Å². The highest BCUT2D eigenvalue weighted by atomic mass is 127. The lowest BCUT2D eigenvalue weighted by atomic mass is 10.3. The molecule has 0 atom stereocenters. The SMILES string of the molecule is Cc1csc2c(I)[nH]nc12. The molecule has 0 aromatic carbocycles. The molecule has 52 valence electrons. The van der Waals surface area contributed by atoms with Crippen molar-refractivity contribution in [3.63, 3.8) is 0 Å². The van der Waals surface area contributed by atoms with Gasteiger partial charge < -0.3 is 0 Å². The van der Waals surface area contributed by atoms with E-state index in [4.69, 9.17) is 0 Å². The summed E-state index contributed by atoms with van der Waals surface area (Å²) in [7, 11) is 0. The number of nitrogens with zero attached hydrogens (tertiary/aromatic N) is 1. The Kier molecular flexibility index (Phi) is 1.45. The van der Waals surface area contributed by atoms with Crippen LogP contribution in [0.3, 0.4) is 0 Å². The zero-order valence-electron chi connectivity index (χ0n) is 5.31. The van der Waals surface area contributed by atoms with Crippen LogP contribution in [0, 0.1) is 10.6 Å². The second-order valence-corrected chi connectivity index (χ2v) is 4.09. The molecule has 0 unspecified atom stereocenters. The minimum atomic E-state index is 1.12. The van der Waals surface area contributed by atoms with Crippen molar-refractivity contribution in [1.82, 2.24) is 10.2 Å². The van der Waals surface area contributed by atoms with Crippen LogP contribution in [0.15, 0.2) is 5.38 Å². The first-order chi connectivity index (χ1) is 4.79. The van der Waals surface area contributed by atoms with Crippen LogP contribution in [0.25, 0.3) is 10.2 Å². The number of rotatable bonds is 0. The van der Waals surface area contributed by atoms with Crippen LogP contribution < -0.4 is 0 Å². The summed E-state index contributed by atoms with van der Waals surface area (Å²) < 4.78 is 2.42. The highest BCUT2D eigenvalue weighted by Gasteiger charge is 2.05. The van der Waals surface area contributed by atoms with Crippen LogP contribution in [0.5, 0.6) is 0 Å². The number of aromatic nitrogens is 2. The smallest absolute Gasteiger partial charge is 0.114 e. The van der Waals surface area contributed by atoms with E-state index in [0.717, 1.165) is 9.22 Å². The van der Waals surface area contributed by atoms with Gasteiger partial charge in [0.15, 0.2) is 0 Å². The number of nitrogens with one attached hydrogen (secondary N) is 1. The van der Waals surface area contributed by atoms with E-state index >= 15 is 0 Å². The lowest BCUT2D eigenvalue weighted by Gasteiger charge is -1.74. The molecular formula is C6H5IN2S. The molecule has 0 saturated carbocycles. The van der Waals surface area contributed by atoms with Crippen molar-refractivity contribution in [2.45, 2.75) is 6.92 Å². The predicted octanol–water partition coefficient (Wildman–Crippen LogP) is 2.54. The Morgan fingerprint density at radius 1 is 1.70 bits per heavy atom. The Labute approximate surface area is 75.8 Å². The molecule has 0 saturated heterocycles. The van der Waals surface area contributed by atoms with Gasteiger partial charge in [-0.1, -0.05) is 0 Å². The maximum Gasteiger partial charge on any atom is 0.114 e. The lowest BCUT2D eigenvalue weighted by Crippen LogP contribution is -1.68. The summed E-state index contributed by atoms with van der Waals surface area (Å²) in [6.07, 6.45) is 0. The minimum absolute atomic E-state index is 1.12. The quantitative estimate of drug-likeness (QED) is 0.728. The van der Waals surface area contributed by atoms with Gasteiger partial charge in [0.05, 0.1) is 4.70 Å². The number of H-pyrrole nitrogens is 1. The molecule has 2 heterocycles. The molecule has 10 heavy (non-hydrogen) atoms. The number of hydrogen-bond donors (Lipinski definition) is 1. The number of thiophene rings is 1. The summed E-state index contributed by atoms with van der Waals surface area (Å²) in [5.74, 6) is 0. The molecule has 0 fully saturated rings. The minimum Gasteiger partial charge on any atom is -0.270 e. The van der Waals surface area contributed by atoms with Gasteiger partial charge in [-0.15, -0.1) is 11.3 Å². The van der Waals surface area contributed by atoms with Crippen molar-refractivity contribution in [2.24, 2.45) is 0 Å². The molecule has 2 aromatic rings. The van der Waals surface area contributed by atoms with Crippen molar-refractivity contribution < 1.29 is 0 Å². The molecule has 0 aliphatic carbocycles. The number of fused-ring (bicyclic) bond motifs is 1. The maximum absolute atomic E-state index is 4.16. The zero-order chi connectivity index (χ0) is 7.14. The molecule has 4 heteroatoms. The van der Waals surface area contributed by atoms with Crippen molar-refractivity contribution in [2.75, 3.05) is 0 Å². The Balaban J connectivity index is 2.95. The topological polar surface area (TPSA) is 28.7 Å². The fourth-order valence-electron chi connectivity index (χ4n) is 0.888. The molecule has 2 nitrogen and oxygen atoms in total. The molecule has 2 rings (SSSR count). The summed E-state index contributed by atoms with van der Waals surface area (Å²) in [6, 6.07) is 0. The van der Waals surface area contributed by atoms with E-state index in [-0.39, 0.29) is 0 Å². The van der Waals surface area contributed by atoms with Gasteiger partial charge in [0.1, 0.15) is 9.22 Å². The average molecular weight is 264 g/mol. The number of halogens is 1. The summed E-state index contributed by atoms with van der Waals surface area (Å²) in [5.41, 5.74) is 2.38. The van der Waals surface area contributed by atoms with Gasteiger partial charge in [0.25, 0.3) is 0 Å². The van der Waals surface area contributed by atoms with E-state index < -0.39 is 0 Å². The molecule has 0 bridgehead atoms. The Bertz CT molecular complexity index is 327. The molecule has 0 aliphatic rings. The van der Waals surface area contributed by atoms with Crippen LogP contribution in [0.2, 0.25) is 0 Å². The second-order valence-electron chi connectivity index (χ2n) is 2.13. The normalized spacial score (nSPS) is 11.0. The monoisotopic (exact) mass is 264 g/mol. The Hall–Kier alpha value is -0.100. The largest absolute Gasteiger partial charge is 0.270 e. The van der Waals surface area contributed by atoms with Gasteiger partial charge >= 0.3 is 0 Å². The van der Waals surface area contributed by atoms with E-state index in [0.29, 0.717) is 0 Å². The molecule has 2 aromatic heterocycles. The molecule has 0 amide bonds. The summed E-state index contributed by atoms with van der Waals surface area (Å²) in [6.45, 7) is 2.08. The van der Waals surface area contributed by atoms with Crippen LogP contribution in [0.4, 0.5) is 0 Å². The van der Waals surface area contributed by atoms with Gasteiger partial charge in [-0.2, -0.15) is 5.10 Å². The highest BCUT2D eigenvalue weighted by molar-refractivity contribution is 14.1. The van der Waals surface area contributed by atoms with Crippen molar-refractivity contribution in [3.8, 4) is 0 Å². The van der Waals surface area contributed by atoms with E-state index in [1.54, 1.807) is 11.3 Å². The summed E-state index contributed by atoms with van der Waals surface area (Å²) in [5, 5.41) is 9.23. The first-order valence-corrected chi connectivity index (χ1v) is 4.82. The molecule has 0 spiro atoms. The van der Waals surface area contributed by atoms with Crippen LogP contribution in [-0.2, 0) is 0 Å². The van der Waals surface area contributed by atoms with Crippen molar-refractivity contribution in [3.05, 3.63) is 14.6 Å². The number of hydrogen-bond acceptors (Lipinski definition) is 2. The van der Waals surface area contributed by atoms with Gasteiger partial charge in [-0.05, 0) is 40.5 Å². The third-order valence-electron chi connectivity index (χ3n) is 1.41. The first-order valence-electron chi connectivity index (χ1n) is 2.86. The van der Waals surface area contributed by atoms with E-state index in [9.17, 15) is 0 Å². The van der Waals surface area contributed by atoms with E-state index in [1.807, 2.05) is 0 Å². The average Bonchev–Trinajstić information content (AvgIpc) is 2.41. The van der Waals surface area contributed by atoms with Gasteiger partial charge in [-0.25, -0.2) is 0 Å². The summed E-state index contributed by atoms with van der Waals surface area (Å²) in [4.78, 5) is 0. The second kappa shape index (κ2) is 2.20. The fraction of sp³-hybridized carbons (Fsp3) is 0.167. The lowest BCUT2D eigenvalue weighted by molar-refractivity contribution is 1.09. The standard InChI is InChI=1S/C6H5IN2S/c1-3-2-10-5-4(3)8-9-6(5)7/h2H,1H3,(H,8,9). The van der Waals surface area contributed by atoms with Crippen LogP contribution >= 0.6 is 33.9 Å². The van der Waals surface area contributed by atoms with Gasteiger partial charge in [0.2, 0.25) is 0 Å². The summed E-state index contributed by atoms with van der Waals surface area (Å²) >= 11 is 4.00. The van der Waals surface area contributed by atoms with Crippen LogP contribution in [0.1, 0.15) is 5.56 Å². The third kappa shape index (κ3) is 0.784. The third-order valence-corrected chi connectivity index (χ3v) is 3.66. The fourth-order valence-corrected chi connectivity index (χ4v) is 2.52. The Morgan fingerprint density at radius 2 is 2.50 bits per heavy atom. The number of aryl methyl sites for hydroxylation is 1. The van der Waals surface area contributed by atoms with Crippen molar-refractivity contribution >= 4 is 44.1 Å². The molecule has 0 aliphatic heterocycles. The van der Waals surface area contributed by atoms with E-state index in [2.05, 4.69) is 45.1 Å². The first kappa shape index (κ1) is 6.60. The zero-order valence-corrected chi connectivity index (χ0v) is 8.28. The molecule has 1 N–H and O–H groups in total. The molecular weight excluding hydrogens is 259 g/mol. The Morgan fingerprint density at radius 3 is 3.20 bits per heavy atom. The van der Waals surface area contributed by atoms with Crippen molar-refractivity contribution in [1.29, 1.82) is 0 Å². The highest BCUT2D eigenvalue weighted by Crippen LogP contribution is 2.26. The van der Waals surface area contributed by atoms with Crippen LogP contribution in [-0.4, -0.2) is 10.2 Å². The maximum atomic E-state index is 4.16. The number of aromatic amines is 1. The van der Waals surface area contributed by atoms with Gasteiger partial charge in [0, 0.05) is 0 Å².